The van der Waals surface area contributed by atoms with Crippen molar-refractivity contribution in [2.24, 2.45) is 7.05 Å². The number of aliphatic carboxylic acids is 1. The monoisotopic (exact) mass is 250 g/mol. The normalized spacial score (nSPS) is 10.7. The zero-order valence-corrected chi connectivity index (χ0v) is 10.0. The van der Waals surface area contributed by atoms with Crippen LogP contribution < -0.4 is 0 Å². The minimum Gasteiger partial charge on any atom is -0.481 e. The van der Waals surface area contributed by atoms with Gasteiger partial charge in [0.25, 0.3) is 0 Å². The van der Waals surface area contributed by atoms with Gasteiger partial charge in [-0.3, -0.25) is 9.48 Å². The summed E-state index contributed by atoms with van der Waals surface area (Å²) in [4.78, 5) is 14.5. The molecule has 0 aliphatic heterocycles. The average molecular weight is 250 g/mol. The molecule has 2 heterocycles. The van der Waals surface area contributed by atoms with E-state index in [0.717, 1.165) is 6.42 Å². The first kappa shape index (κ1) is 12.3. The predicted octanol–water partition coefficient (Wildman–Crippen LogP) is 1.27. The Bertz CT molecular complexity index is 532. The summed E-state index contributed by atoms with van der Waals surface area (Å²) in [5, 5.41) is 16.5. The number of hydrogen-bond acceptors (Lipinski definition) is 5. The number of nitrogens with zero attached hydrogens (tertiary/aromatic N) is 4. The molecule has 2 rings (SSSR count). The molecule has 0 fully saturated rings. The van der Waals surface area contributed by atoms with Gasteiger partial charge in [-0.15, -0.1) is 0 Å². The molecule has 0 spiro atoms. The second-order valence-electron chi connectivity index (χ2n) is 3.99. The van der Waals surface area contributed by atoms with E-state index in [1.807, 2.05) is 7.05 Å². The molecule has 1 N–H and O–H groups in total. The number of unbranched alkanes of at least 4 members (excludes halogenated alkanes) is 1. The molecule has 0 saturated carbocycles. The smallest absolute Gasteiger partial charge is 0.303 e. The fourth-order valence-corrected chi connectivity index (χ4v) is 1.55. The minimum atomic E-state index is -0.783. The molecule has 0 unspecified atom stereocenters. The third kappa shape index (κ3) is 3.16. The van der Waals surface area contributed by atoms with Crippen LogP contribution in [0.15, 0.2) is 16.8 Å². The van der Waals surface area contributed by atoms with Crippen LogP contribution in [0.4, 0.5) is 0 Å². The van der Waals surface area contributed by atoms with Crippen LogP contribution in [0.5, 0.6) is 0 Å². The molecule has 0 saturated heterocycles. The predicted molar refractivity (Wildman–Crippen MR) is 61.7 cm³/mol. The van der Waals surface area contributed by atoms with Crippen LogP contribution in [0.1, 0.15) is 25.2 Å². The fourth-order valence-electron chi connectivity index (χ4n) is 1.55. The van der Waals surface area contributed by atoms with E-state index in [-0.39, 0.29) is 6.42 Å². The van der Waals surface area contributed by atoms with E-state index in [0.29, 0.717) is 30.3 Å². The molecule has 7 heteroatoms. The van der Waals surface area contributed by atoms with Crippen molar-refractivity contribution in [2.75, 3.05) is 0 Å². The number of aromatic nitrogens is 4. The third-order valence-electron chi connectivity index (χ3n) is 2.44. The van der Waals surface area contributed by atoms with Gasteiger partial charge >= 0.3 is 5.97 Å². The van der Waals surface area contributed by atoms with Crippen LogP contribution in [-0.2, 0) is 18.3 Å². The number of aryl methyl sites for hydroxylation is 2. The van der Waals surface area contributed by atoms with Gasteiger partial charge in [-0.1, -0.05) is 5.16 Å². The van der Waals surface area contributed by atoms with Gasteiger partial charge < -0.3 is 9.63 Å². The summed E-state index contributed by atoms with van der Waals surface area (Å²) < 4.78 is 6.74. The van der Waals surface area contributed by atoms with Gasteiger partial charge in [0.2, 0.25) is 11.7 Å². The van der Waals surface area contributed by atoms with E-state index in [1.54, 1.807) is 16.9 Å². The molecule has 0 radical (unpaired) electrons. The summed E-state index contributed by atoms with van der Waals surface area (Å²) in [6.07, 6.45) is 3.89. The summed E-state index contributed by atoms with van der Waals surface area (Å²) in [7, 11) is 1.82. The van der Waals surface area contributed by atoms with E-state index in [2.05, 4.69) is 15.2 Å². The molecular weight excluding hydrogens is 236 g/mol. The Kier molecular flexibility index (Phi) is 3.71. The lowest BCUT2D eigenvalue weighted by Crippen LogP contribution is -1.95. The summed E-state index contributed by atoms with van der Waals surface area (Å²) in [5.41, 5.74) is 0.665. The maximum atomic E-state index is 10.3. The molecule has 18 heavy (non-hydrogen) atoms. The molecule has 0 bridgehead atoms. The molecule has 96 valence electrons. The van der Waals surface area contributed by atoms with Crippen molar-refractivity contribution >= 4 is 5.97 Å². The quantitative estimate of drug-likeness (QED) is 0.776. The average Bonchev–Trinajstić information content (AvgIpc) is 2.93. The van der Waals surface area contributed by atoms with Crippen molar-refractivity contribution < 1.29 is 14.4 Å². The first-order chi connectivity index (χ1) is 8.65. The van der Waals surface area contributed by atoms with Crippen LogP contribution in [0, 0.1) is 0 Å². The summed E-state index contributed by atoms with van der Waals surface area (Å²) in [6, 6.07) is 1.80. The lowest BCUT2D eigenvalue weighted by molar-refractivity contribution is -0.137. The second kappa shape index (κ2) is 5.44. The lowest BCUT2D eigenvalue weighted by Gasteiger charge is -1.93. The molecule has 0 aliphatic rings. The molecular formula is C11H14N4O3. The highest BCUT2D eigenvalue weighted by Crippen LogP contribution is 2.13. The van der Waals surface area contributed by atoms with Gasteiger partial charge in [-0.05, 0) is 18.9 Å². The van der Waals surface area contributed by atoms with Gasteiger partial charge in [0.05, 0.1) is 0 Å². The number of carboxylic acid groups (broad SMARTS) is 1. The Morgan fingerprint density at radius 2 is 2.33 bits per heavy atom. The lowest BCUT2D eigenvalue weighted by atomic mass is 10.2. The van der Waals surface area contributed by atoms with Gasteiger partial charge in [0, 0.05) is 26.1 Å². The van der Waals surface area contributed by atoms with E-state index < -0.39 is 5.97 Å². The summed E-state index contributed by atoms with van der Waals surface area (Å²) in [5.74, 6) is 0.194. The van der Waals surface area contributed by atoms with Crippen LogP contribution >= 0.6 is 0 Å². The summed E-state index contributed by atoms with van der Waals surface area (Å²) in [6.45, 7) is 0. The molecule has 0 amide bonds. The highest BCUT2D eigenvalue weighted by molar-refractivity contribution is 5.66. The van der Waals surface area contributed by atoms with E-state index in [4.69, 9.17) is 9.63 Å². The first-order valence-corrected chi connectivity index (χ1v) is 5.69. The van der Waals surface area contributed by atoms with Gasteiger partial charge in [-0.2, -0.15) is 10.1 Å². The number of carbonyl (C=O) groups is 1. The molecule has 7 nitrogen and oxygen atoms in total. The Morgan fingerprint density at radius 3 is 3.00 bits per heavy atom. The van der Waals surface area contributed by atoms with Crippen molar-refractivity contribution in [3.05, 3.63) is 18.2 Å². The van der Waals surface area contributed by atoms with Gasteiger partial charge in [-0.25, -0.2) is 0 Å². The van der Waals surface area contributed by atoms with Crippen LogP contribution in [0.25, 0.3) is 11.5 Å². The standard InChI is InChI=1S/C11H14N4O3/c1-15-7-6-8(13-15)11-12-9(18-14-11)4-2-3-5-10(16)17/h6-7H,2-5H2,1H3,(H,16,17). The Balaban J connectivity index is 1.88. The van der Waals surface area contributed by atoms with Crippen molar-refractivity contribution in [3.63, 3.8) is 0 Å². The Hall–Kier alpha value is -2.18. The Labute approximate surface area is 103 Å². The fraction of sp³-hybridized carbons (Fsp3) is 0.455. The number of rotatable bonds is 6. The second-order valence-corrected chi connectivity index (χ2v) is 3.99. The molecule has 0 aromatic carbocycles. The highest BCUT2D eigenvalue weighted by atomic mass is 16.5. The maximum Gasteiger partial charge on any atom is 0.303 e. The first-order valence-electron chi connectivity index (χ1n) is 5.69. The topological polar surface area (TPSA) is 94.0 Å². The van der Waals surface area contributed by atoms with Crippen LogP contribution in [-0.4, -0.2) is 31.0 Å². The Morgan fingerprint density at radius 1 is 1.50 bits per heavy atom. The van der Waals surface area contributed by atoms with Crippen molar-refractivity contribution in [1.29, 1.82) is 0 Å². The number of hydrogen-bond donors (Lipinski definition) is 1. The van der Waals surface area contributed by atoms with E-state index >= 15 is 0 Å². The van der Waals surface area contributed by atoms with E-state index in [9.17, 15) is 4.79 Å². The molecule has 0 atom stereocenters. The molecule has 0 aliphatic carbocycles. The van der Waals surface area contributed by atoms with Gasteiger partial charge in [0.1, 0.15) is 5.69 Å². The minimum absolute atomic E-state index is 0.168. The van der Waals surface area contributed by atoms with Crippen LogP contribution in [0.3, 0.4) is 0 Å². The van der Waals surface area contributed by atoms with Crippen LogP contribution in [0.2, 0.25) is 0 Å². The largest absolute Gasteiger partial charge is 0.481 e. The molecule has 2 aromatic rings. The maximum absolute atomic E-state index is 10.3. The zero-order chi connectivity index (χ0) is 13.0. The zero-order valence-electron chi connectivity index (χ0n) is 10.0. The number of carboxylic acids is 1. The van der Waals surface area contributed by atoms with Gasteiger partial charge in [0.15, 0.2) is 0 Å². The van der Waals surface area contributed by atoms with Crippen molar-refractivity contribution in [3.8, 4) is 11.5 Å². The van der Waals surface area contributed by atoms with Crippen molar-refractivity contribution in [2.45, 2.75) is 25.7 Å². The summed E-state index contributed by atoms with van der Waals surface area (Å²) >= 11 is 0. The van der Waals surface area contributed by atoms with E-state index in [1.165, 1.54) is 0 Å². The highest BCUT2D eigenvalue weighted by Gasteiger charge is 2.10. The SMILES string of the molecule is Cn1ccc(-c2noc(CCCCC(=O)O)n2)n1. The van der Waals surface area contributed by atoms with Crippen molar-refractivity contribution in [1.82, 2.24) is 19.9 Å². The third-order valence-corrected chi connectivity index (χ3v) is 2.44. The molecule has 2 aromatic heterocycles.